The molecule has 5 amide bonds. The Bertz CT molecular complexity index is 1900. The Labute approximate surface area is 268 Å². The van der Waals surface area contributed by atoms with Gasteiger partial charge in [-0.25, -0.2) is 0 Å². The van der Waals surface area contributed by atoms with Crippen molar-refractivity contribution < 1.29 is 28.7 Å². The van der Waals surface area contributed by atoms with Crippen LogP contribution < -0.4 is 32.3 Å². The third-order valence-electron chi connectivity index (χ3n) is 7.18. The standard InChI is InChI=1S/C31H34N10O6/c1-39-14-20(10-22(39)28(43)34-8-7-26(32)33)37-30(45)24-12-21(15-41(24)3)38-29(44)23-11-19(13-40(23)2)36-27(42)17-5-4-6-18(9-17)35-31(46)25-16-47-25/h4-6,9-15,25H,7-8,16H2,1-3H3,(H3,32,33)(H,34,43)(H,35,46)(H,36,42)(H,37,45)(H,38,44). The van der Waals surface area contributed by atoms with E-state index in [1.54, 1.807) is 77.7 Å². The van der Waals surface area contributed by atoms with Crippen molar-refractivity contribution in [3.05, 3.63) is 83.7 Å². The SMILES string of the molecule is Cn1cc(NC(=O)c2cc(NC(=O)c3cc(NC(=O)c4cccc(NC(=O)C5CO5)c4)cn3C)cn2C)cc1C(=O)NCCC(=N)N. The highest BCUT2D eigenvalue weighted by Gasteiger charge is 2.31. The van der Waals surface area contributed by atoms with Gasteiger partial charge in [-0.15, -0.1) is 0 Å². The van der Waals surface area contributed by atoms with Crippen molar-refractivity contribution in [2.75, 3.05) is 34.4 Å². The van der Waals surface area contributed by atoms with Crippen molar-refractivity contribution in [1.29, 1.82) is 5.41 Å². The van der Waals surface area contributed by atoms with E-state index in [0.717, 1.165) is 0 Å². The summed E-state index contributed by atoms with van der Waals surface area (Å²) in [6.45, 7) is 0.588. The molecule has 1 saturated heterocycles. The smallest absolute Gasteiger partial charge is 0.272 e. The highest BCUT2D eigenvalue weighted by Crippen LogP contribution is 2.21. The number of carbonyl (C=O) groups is 5. The Morgan fingerprint density at radius 1 is 0.745 bits per heavy atom. The number of nitrogens with zero attached hydrogens (tertiary/aromatic N) is 3. The number of nitrogens with two attached hydrogens (primary N) is 1. The van der Waals surface area contributed by atoms with Crippen LogP contribution in [0.25, 0.3) is 0 Å². The summed E-state index contributed by atoms with van der Waals surface area (Å²) >= 11 is 0. The lowest BCUT2D eigenvalue weighted by atomic mass is 10.2. The van der Waals surface area contributed by atoms with Crippen LogP contribution in [0.4, 0.5) is 22.7 Å². The largest absolute Gasteiger partial charge is 0.388 e. The molecule has 16 heteroatoms. The van der Waals surface area contributed by atoms with E-state index in [1.807, 2.05) is 0 Å². The van der Waals surface area contributed by atoms with Crippen LogP contribution in [0.3, 0.4) is 0 Å². The normalized spacial score (nSPS) is 13.4. The molecule has 3 aromatic heterocycles. The van der Waals surface area contributed by atoms with Gasteiger partial charge in [-0.05, 0) is 36.4 Å². The second kappa shape index (κ2) is 13.5. The number of benzene rings is 1. The van der Waals surface area contributed by atoms with Crippen LogP contribution >= 0.6 is 0 Å². The first kappa shape index (κ1) is 32.2. The van der Waals surface area contributed by atoms with Crippen molar-refractivity contribution in [3.8, 4) is 0 Å². The molecular weight excluding hydrogens is 608 g/mol. The maximum absolute atomic E-state index is 13.1. The molecule has 5 rings (SSSR count). The number of nitrogens with one attached hydrogen (secondary N) is 6. The minimum atomic E-state index is -0.471. The lowest BCUT2D eigenvalue weighted by Crippen LogP contribution is -2.28. The minimum Gasteiger partial charge on any atom is -0.388 e. The fraction of sp³-hybridized carbons (Fsp3) is 0.226. The highest BCUT2D eigenvalue weighted by atomic mass is 16.6. The van der Waals surface area contributed by atoms with Crippen LogP contribution in [0.15, 0.2) is 61.1 Å². The van der Waals surface area contributed by atoms with Crippen LogP contribution in [-0.4, -0.2) is 68.3 Å². The zero-order valence-electron chi connectivity index (χ0n) is 25.8. The molecule has 1 fully saturated rings. The van der Waals surface area contributed by atoms with Gasteiger partial charge in [0.1, 0.15) is 17.1 Å². The maximum Gasteiger partial charge on any atom is 0.272 e. The van der Waals surface area contributed by atoms with Crippen LogP contribution in [0.2, 0.25) is 0 Å². The molecule has 0 saturated carbocycles. The van der Waals surface area contributed by atoms with Gasteiger partial charge >= 0.3 is 0 Å². The van der Waals surface area contributed by atoms with Crippen LogP contribution in [-0.2, 0) is 30.7 Å². The number of ether oxygens (including phenoxy) is 1. The number of epoxide rings is 1. The van der Waals surface area contributed by atoms with Crippen molar-refractivity contribution in [1.82, 2.24) is 19.0 Å². The molecule has 0 spiro atoms. The van der Waals surface area contributed by atoms with Gasteiger partial charge in [0.15, 0.2) is 6.10 Å². The Hall–Kier alpha value is -6.16. The van der Waals surface area contributed by atoms with E-state index in [-0.39, 0.29) is 42.0 Å². The third-order valence-corrected chi connectivity index (χ3v) is 7.18. The first-order chi connectivity index (χ1) is 22.4. The van der Waals surface area contributed by atoms with Gasteiger partial charge in [0.05, 0.1) is 29.5 Å². The average Bonchev–Trinajstić information content (AvgIpc) is 3.58. The fourth-order valence-electron chi connectivity index (χ4n) is 4.73. The molecule has 47 heavy (non-hydrogen) atoms. The molecule has 1 atom stereocenters. The van der Waals surface area contributed by atoms with Gasteiger partial charge in [-0.2, -0.15) is 0 Å². The second-order valence-corrected chi connectivity index (χ2v) is 11.0. The van der Waals surface area contributed by atoms with Crippen LogP contribution in [0.1, 0.15) is 48.2 Å². The van der Waals surface area contributed by atoms with E-state index < -0.39 is 23.8 Å². The number of amides is 5. The Morgan fingerprint density at radius 2 is 1.23 bits per heavy atom. The molecule has 0 bridgehead atoms. The quantitative estimate of drug-likeness (QED) is 0.0689. The van der Waals surface area contributed by atoms with E-state index in [2.05, 4.69) is 26.6 Å². The van der Waals surface area contributed by atoms with Gasteiger partial charge < -0.3 is 50.8 Å². The third kappa shape index (κ3) is 7.93. The molecule has 0 radical (unpaired) electrons. The fourth-order valence-corrected chi connectivity index (χ4v) is 4.73. The predicted molar refractivity (Wildman–Crippen MR) is 174 cm³/mol. The van der Waals surface area contributed by atoms with E-state index in [9.17, 15) is 24.0 Å². The topological polar surface area (TPSA) is 223 Å². The van der Waals surface area contributed by atoms with Gasteiger partial charge in [-0.1, -0.05) is 6.07 Å². The molecule has 0 aliphatic carbocycles. The van der Waals surface area contributed by atoms with Crippen molar-refractivity contribution in [2.24, 2.45) is 26.9 Å². The molecular formula is C31H34N10O6. The maximum atomic E-state index is 13.1. The first-order valence-corrected chi connectivity index (χ1v) is 14.4. The van der Waals surface area contributed by atoms with Gasteiger partial charge in [0, 0.05) is 63.9 Å². The van der Waals surface area contributed by atoms with E-state index in [4.69, 9.17) is 15.9 Å². The lowest BCUT2D eigenvalue weighted by Gasteiger charge is -2.06. The zero-order chi connectivity index (χ0) is 33.8. The van der Waals surface area contributed by atoms with Gasteiger partial charge in [0.2, 0.25) is 0 Å². The molecule has 4 heterocycles. The summed E-state index contributed by atoms with van der Waals surface area (Å²) in [5, 5.41) is 20.9. The molecule has 1 unspecified atom stereocenters. The van der Waals surface area contributed by atoms with E-state index in [0.29, 0.717) is 40.6 Å². The minimum absolute atomic E-state index is 0.0346. The number of amidine groups is 1. The highest BCUT2D eigenvalue weighted by molar-refractivity contribution is 6.09. The number of carbonyl (C=O) groups excluding carboxylic acids is 5. The molecule has 244 valence electrons. The summed E-state index contributed by atoms with van der Waals surface area (Å²) in [7, 11) is 4.97. The average molecular weight is 643 g/mol. The molecule has 16 nitrogen and oxygen atoms in total. The lowest BCUT2D eigenvalue weighted by molar-refractivity contribution is -0.117. The Kier molecular flexibility index (Phi) is 9.23. The molecule has 1 aliphatic heterocycles. The molecule has 8 N–H and O–H groups in total. The summed E-state index contributed by atoms with van der Waals surface area (Å²) in [5.74, 6) is -2.05. The van der Waals surface area contributed by atoms with Gasteiger partial charge in [-0.3, -0.25) is 29.4 Å². The van der Waals surface area contributed by atoms with E-state index >= 15 is 0 Å². The van der Waals surface area contributed by atoms with Crippen molar-refractivity contribution in [3.63, 3.8) is 0 Å². The Morgan fingerprint density at radius 3 is 1.72 bits per heavy atom. The van der Waals surface area contributed by atoms with Crippen LogP contribution in [0, 0.1) is 5.41 Å². The predicted octanol–water partition coefficient (Wildman–Crippen LogP) is 1.85. The number of aromatic nitrogens is 3. The Balaban J connectivity index is 1.19. The zero-order valence-corrected chi connectivity index (χ0v) is 25.8. The molecule has 1 aromatic carbocycles. The van der Waals surface area contributed by atoms with Gasteiger partial charge in [0.25, 0.3) is 29.5 Å². The number of aryl methyl sites for hydroxylation is 3. The number of hydrogen-bond donors (Lipinski definition) is 7. The molecule has 1 aliphatic rings. The van der Waals surface area contributed by atoms with Crippen molar-refractivity contribution >= 4 is 58.1 Å². The van der Waals surface area contributed by atoms with E-state index in [1.165, 1.54) is 18.2 Å². The van der Waals surface area contributed by atoms with Crippen molar-refractivity contribution in [2.45, 2.75) is 12.5 Å². The van der Waals surface area contributed by atoms with Crippen LogP contribution in [0.5, 0.6) is 0 Å². The molecule has 4 aromatic rings. The summed E-state index contributed by atoms with van der Waals surface area (Å²) in [6, 6.07) is 11.0. The summed E-state index contributed by atoms with van der Waals surface area (Å²) < 4.78 is 9.64. The number of hydrogen-bond acceptors (Lipinski definition) is 7. The monoisotopic (exact) mass is 642 g/mol. The number of rotatable bonds is 12. The summed E-state index contributed by atoms with van der Waals surface area (Å²) in [4.78, 5) is 63.5. The number of anilines is 4. The summed E-state index contributed by atoms with van der Waals surface area (Å²) in [6.07, 6.45) is 4.52. The summed E-state index contributed by atoms with van der Waals surface area (Å²) in [5.41, 5.74) is 8.04. The second-order valence-electron chi connectivity index (χ2n) is 11.0. The first-order valence-electron chi connectivity index (χ1n) is 14.4.